The molecular formula is C28H36N2O6. The number of methoxy groups -OCH3 is 2. The lowest BCUT2D eigenvalue weighted by Gasteiger charge is -2.29. The minimum Gasteiger partial charge on any atom is -0.507 e. The number of likely N-dealkylation sites (N-methyl/N-ethyl adjacent to an activating group) is 1. The first-order chi connectivity index (χ1) is 17.2. The van der Waals surface area contributed by atoms with Crippen LogP contribution < -0.4 is 14.2 Å². The van der Waals surface area contributed by atoms with Gasteiger partial charge in [0, 0.05) is 24.2 Å². The SMILES string of the molecule is CCN(CC)CCN1C(=O)C(=O)C(=C(O)c2ccc(OC(C)C)cc2)[C@@H]1c1cc(OC)ccc1OC. The topological polar surface area (TPSA) is 88.5 Å². The molecule has 0 radical (unpaired) electrons. The molecule has 1 atom stereocenters. The predicted octanol–water partition coefficient (Wildman–Crippen LogP) is 4.25. The lowest BCUT2D eigenvalue weighted by molar-refractivity contribution is -0.140. The molecule has 1 N–H and O–H groups in total. The van der Waals surface area contributed by atoms with Gasteiger partial charge in [-0.25, -0.2) is 0 Å². The number of hydrogen-bond donors (Lipinski definition) is 1. The number of likely N-dealkylation sites (tertiary alicyclic amines) is 1. The Labute approximate surface area is 213 Å². The van der Waals surface area contributed by atoms with Crippen molar-refractivity contribution in [2.45, 2.75) is 39.8 Å². The number of ether oxygens (including phenoxy) is 3. The fourth-order valence-electron chi connectivity index (χ4n) is 4.40. The Hall–Kier alpha value is -3.52. The number of Topliss-reactive ketones (excluding diaryl/α,β-unsaturated/α-hetero) is 1. The summed E-state index contributed by atoms with van der Waals surface area (Å²) in [4.78, 5) is 30.3. The highest BCUT2D eigenvalue weighted by molar-refractivity contribution is 6.46. The molecule has 8 nitrogen and oxygen atoms in total. The molecule has 2 aromatic rings. The Bertz CT molecular complexity index is 1110. The minimum atomic E-state index is -0.836. The second-order valence-corrected chi connectivity index (χ2v) is 8.82. The molecule has 194 valence electrons. The number of benzene rings is 2. The van der Waals surface area contributed by atoms with Crippen molar-refractivity contribution >= 4 is 17.4 Å². The van der Waals surface area contributed by atoms with E-state index in [2.05, 4.69) is 4.90 Å². The first kappa shape index (κ1) is 27.1. The van der Waals surface area contributed by atoms with E-state index < -0.39 is 17.7 Å². The Morgan fingerprint density at radius 2 is 1.64 bits per heavy atom. The molecule has 2 aromatic carbocycles. The zero-order valence-corrected chi connectivity index (χ0v) is 21.9. The summed E-state index contributed by atoms with van der Waals surface area (Å²) in [6.07, 6.45) is 0.00102. The smallest absolute Gasteiger partial charge is 0.295 e. The Morgan fingerprint density at radius 3 is 2.19 bits per heavy atom. The van der Waals surface area contributed by atoms with E-state index in [9.17, 15) is 14.7 Å². The van der Waals surface area contributed by atoms with Gasteiger partial charge in [-0.05, 0) is 69.4 Å². The monoisotopic (exact) mass is 496 g/mol. The summed E-state index contributed by atoms with van der Waals surface area (Å²) in [6.45, 7) is 10.5. The average Bonchev–Trinajstić information content (AvgIpc) is 3.13. The number of nitrogens with zero attached hydrogens (tertiary/aromatic N) is 2. The van der Waals surface area contributed by atoms with Crippen LogP contribution in [0.25, 0.3) is 5.76 Å². The molecule has 0 spiro atoms. The van der Waals surface area contributed by atoms with E-state index in [1.807, 2.05) is 27.7 Å². The predicted molar refractivity (Wildman–Crippen MR) is 139 cm³/mol. The molecule has 1 amide bonds. The van der Waals surface area contributed by atoms with Gasteiger partial charge >= 0.3 is 0 Å². The second-order valence-electron chi connectivity index (χ2n) is 8.82. The number of aliphatic hydroxyl groups is 1. The molecule has 1 saturated heterocycles. The molecule has 0 saturated carbocycles. The van der Waals surface area contributed by atoms with Gasteiger partial charge in [0.25, 0.3) is 11.7 Å². The largest absolute Gasteiger partial charge is 0.507 e. The third-order valence-corrected chi connectivity index (χ3v) is 6.32. The maximum absolute atomic E-state index is 13.3. The van der Waals surface area contributed by atoms with Crippen LogP contribution in [0.4, 0.5) is 0 Å². The maximum atomic E-state index is 13.3. The van der Waals surface area contributed by atoms with Gasteiger partial charge in [0.1, 0.15) is 23.0 Å². The van der Waals surface area contributed by atoms with E-state index >= 15 is 0 Å². The van der Waals surface area contributed by atoms with Gasteiger partial charge in [0.05, 0.1) is 31.9 Å². The summed E-state index contributed by atoms with van der Waals surface area (Å²) in [5.41, 5.74) is 1.00. The highest BCUT2D eigenvalue weighted by atomic mass is 16.5. The number of amides is 1. The third-order valence-electron chi connectivity index (χ3n) is 6.32. The second kappa shape index (κ2) is 11.9. The number of hydrogen-bond acceptors (Lipinski definition) is 7. The summed E-state index contributed by atoms with van der Waals surface area (Å²) < 4.78 is 16.7. The van der Waals surface area contributed by atoms with E-state index in [1.54, 1.807) is 49.6 Å². The van der Waals surface area contributed by atoms with Crippen LogP contribution in [-0.2, 0) is 9.59 Å². The molecule has 36 heavy (non-hydrogen) atoms. The maximum Gasteiger partial charge on any atom is 0.295 e. The molecule has 3 rings (SSSR count). The number of carbonyl (C=O) groups is 2. The number of carbonyl (C=O) groups excluding carboxylic acids is 2. The van der Waals surface area contributed by atoms with Crippen LogP contribution in [0.15, 0.2) is 48.0 Å². The molecule has 1 heterocycles. The lowest BCUT2D eigenvalue weighted by Crippen LogP contribution is -2.38. The Balaban J connectivity index is 2.15. The molecule has 1 fully saturated rings. The van der Waals surface area contributed by atoms with Gasteiger partial charge in [0.2, 0.25) is 0 Å². The lowest BCUT2D eigenvalue weighted by atomic mass is 9.94. The van der Waals surface area contributed by atoms with Crippen molar-refractivity contribution < 1.29 is 28.9 Å². The molecule has 8 heteroatoms. The van der Waals surface area contributed by atoms with E-state index in [0.717, 1.165) is 13.1 Å². The summed E-state index contributed by atoms with van der Waals surface area (Å²) >= 11 is 0. The number of rotatable bonds is 11. The third kappa shape index (κ3) is 5.65. The van der Waals surface area contributed by atoms with Crippen molar-refractivity contribution in [2.75, 3.05) is 40.4 Å². The highest BCUT2D eigenvalue weighted by Crippen LogP contribution is 2.43. The molecule has 1 aliphatic heterocycles. The Kier molecular flexibility index (Phi) is 8.98. The fourth-order valence-corrected chi connectivity index (χ4v) is 4.40. The summed E-state index contributed by atoms with van der Waals surface area (Å²) in [7, 11) is 3.07. The van der Waals surface area contributed by atoms with E-state index in [4.69, 9.17) is 14.2 Å². The van der Waals surface area contributed by atoms with Crippen LogP contribution >= 0.6 is 0 Å². The molecule has 0 unspecified atom stereocenters. The molecule has 0 aromatic heterocycles. The fraction of sp³-hybridized carbons (Fsp3) is 0.429. The first-order valence-corrected chi connectivity index (χ1v) is 12.2. The van der Waals surface area contributed by atoms with Gasteiger partial charge < -0.3 is 29.1 Å². The zero-order chi connectivity index (χ0) is 26.4. The van der Waals surface area contributed by atoms with Crippen LogP contribution in [0, 0.1) is 0 Å². The van der Waals surface area contributed by atoms with Crippen LogP contribution in [0.1, 0.15) is 44.9 Å². The first-order valence-electron chi connectivity index (χ1n) is 12.2. The van der Waals surface area contributed by atoms with Gasteiger partial charge in [-0.3, -0.25) is 9.59 Å². The summed E-state index contributed by atoms with van der Waals surface area (Å²) in [5.74, 6) is 0.0529. The van der Waals surface area contributed by atoms with E-state index in [0.29, 0.717) is 41.5 Å². The van der Waals surface area contributed by atoms with Gasteiger partial charge in [-0.1, -0.05) is 13.8 Å². The van der Waals surface area contributed by atoms with Crippen LogP contribution in [0.5, 0.6) is 17.2 Å². The average molecular weight is 497 g/mol. The highest BCUT2D eigenvalue weighted by Gasteiger charge is 2.47. The zero-order valence-electron chi connectivity index (χ0n) is 21.9. The van der Waals surface area contributed by atoms with Crippen molar-refractivity contribution in [3.63, 3.8) is 0 Å². The normalized spacial score (nSPS) is 17.2. The van der Waals surface area contributed by atoms with Crippen LogP contribution in [0.3, 0.4) is 0 Å². The molecule has 0 bridgehead atoms. The summed E-state index contributed by atoms with van der Waals surface area (Å²) in [6, 6.07) is 11.2. The van der Waals surface area contributed by atoms with Gasteiger partial charge in [-0.15, -0.1) is 0 Å². The van der Waals surface area contributed by atoms with Crippen LogP contribution in [-0.4, -0.2) is 73.1 Å². The standard InChI is InChI=1S/C28H36N2O6/c1-7-29(8-2)15-16-30-25(22-17-21(34-5)13-14-23(22)35-6)24(27(32)28(30)33)26(31)19-9-11-20(12-10-19)36-18(3)4/h9-14,17-18,25,31H,7-8,15-16H2,1-6H3/t25-/m0/s1. The van der Waals surface area contributed by atoms with E-state index in [1.165, 1.54) is 12.0 Å². The van der Waals surface area contributed by atoms with Crippen LogP contribution in [0.2, 0.25) is 0 Å². The minimum absolute atomic E-state index is 0.00102. The number of ketones is 1. The molecule has 0 aliphatic carbocycles. The molecule has 1 aliphatic rings. The molecular weight excluding hydrogens is 460 g/mol. The van der Waals surface area contributed by atoms with Crippen molar-refractivity contribution in [1.29, 1.82) is 0 Å². The van der Waals surface area contributed by atoms with E-state index in [-0.39, 0.29) is 17.4 Å². The van der Waals surface area contributed by atoms with Crippen molar-refractivity contribution in [2.24, 2.45) is 0 Å². The van der Waals surface area contributed by atoms with Crippen molar-refractivity contribution in [3.8, 4) is 17.2 Å². The summed E-state index contributed by atoms with van der Waals surface area (Å²) in [5, 5.41) is 11.3. The van der Waals surface area contributed by atoms with Gasteiger partial charge in [-0.2, -0.15) is 0 Å². The van der Waals surface area contributed by atoms with Crippen molar-refractivity contribution in [3.05, 3.63) is 59.2 Å². The van der Waals surface area contributed by atoms with Gasteiger partial charge in [0.15, 0.2) is 0 Å². The quantitative estimate of drug-likeness (QED) is 0.283. The number of aliphatic hydroxyl groups excluding tert-OH is 1. The Morgan fingerprint density at radius 1 is 1.00 bits per heavy atom. The van der Waals surface area contributed by atoms with Crippen molar-refractivity contribution in [1.82, 2.24) is 9.80 Å².